The van der Waals surface area contributed by atoms with Crippen LogP contribution in [0.4, 0.5) is 14.5 Å². The van der Waals surface area contributed by atoms with E-state index in [1.807, 2.05) is 0 Å². The number of hydrogen-bond donors (Lipinski definition) is 0. The summed E-state index contributed by atoms with van der Waals surface area (Å²) in [6.45, 7) is 2.88. The Morgan fingerprint density at radius 3 is 2.53 bits per heavy atom. The molecule has 0 spiro atoms. The number of morpholine rings is 1. The van der Waals surface area contributed by atoms with Crippen molar-refractivity contribution in [3.05, 3.63) is 58.7 Å². The summed E-state index contributed by atoms with van der Waals surface area (Å²) in [5.41, 5.74) is 2.06. The molecule has 0 atom stereocenters. The highest BCUT2D eigenvalue weighted by Crippen LogP contribution is 2.33. The van der Waals surface area contributed by atoms with E-state index < -0.39 is 26.6 Å². The molecule has 2 aliphatic heterocycles. The standard InChI is InChI=1S/C21H22F2N2O4S/c1-14-11-17(22)12-15-3-2-6-25(20(14)15)21(26)16-4-5-18(23)19(13-16)30(27,28)24-7-9-29-10-8-24/h4-5,11-13H,2-3,6-10H2,1H3. The molecule has 0 radical (unpaired) electrons. The molecular weight excluding hydrogens is 414 g/mol. The third kappa shape index (κ3) is 3.73. The van der Waals surface area contributed by atoms with Gasteiger partial charge in [0.05, 0.1) is 18.9 Å². The van der Waals surface area contributed by atoms with E-state index in [4.69, 9.17) is 4.74 Å². The minimum atomic E-state index is -4.10. The van der Waals surface area contributed by atoms with Gasteiger partial charge in [-0.1, -0.05) is 0 Å². The molecular formula is C21H22F2N2O4S. The second-order valence-corrected chi connectivity index (χ2v) is 9.36. The van der Waals surface area contributed by atoms with Gasteiger partial charge in [0.15, 0.2) is 0 Å². The number of amides is 1. The van der Waals surface area contributed by atoms with Gasteiger partial charge in [0.2, 0.25) is 10.0 Å². The summed E-state index contributed by atoms with van der Waals surface area (Å²) in [6.07, 6.45) is 1.31. The lowest BCUT2D eigenvalue weighted by molar-refractivity contribution is 0.0729. The van der Waals surface area contributed by atoms with Crippen LogP contribution < -0.4 is 4.90 Å². The van der Waals surface area contributed by atoms with Crippen LogP contribution in [0.5, 0.6) is 0 Å². The second-order valence-electron chi connectivity index (χ2n) is 7.45. The molecule has 2 aromatic rings. The second kappa shape index (κ2) is 8.05. The van der Waals surface area contributed by atoms with E-state index in [9.17, 15) is 22.0 Å². The zero-order valence-corrected chi connectivity index (χ0v) is 17.3. The number of fused-ring (bicyclic) bond motifs is 1. The Kier molecular flexibility index (Phi) is 5.61. The summed E-state index contributed by atoms with van der Waals surface area (Å²) in [4.78, 5) is 14.2. The average molecular weight is 436 g/mol. The first-order valence-electron chi connectivity index (χ1n) is 9.77. The molecule has 0 N–H and O–H groups in total. The SMILES string of the molecule is Cc1cc(F)cc2c1N(C(=O)c1ccc(F)c(S(=O)(=O)N3CCOCC3)c1)CCC2. The molecule has 0 aromatic heterocycles. The number of anilines is 1. The van der Waals surface area contributed by atoms with Crippen LogP contribution in [0.15, 0.2) is 35.2 Å². The maximum absolute atomic E-state index is 14.5. The fraction of sp³-hybridized carbons (Fsp3) is 0.381. The fourth-order valence-corrected chi connectivity index (χ4v) is 5.54. The molecule has 6 nitrogen and oxygen atoms in total. The fourth-order valence-electron chi connectivity index (χ4n) is 4.04. The number of rotatable bonds is 3. The summed E-state index contributed by atoms with van der Waals surface area (Å²) < 4.78 is 60.4. The maximum Gasteiger partial charge on any atom is 0.258 e. The molecule has 0 aliphatic carbocycles. The summed E-state index contributed by atoms with van der Waals surface area (Å²) in [6, 6.07) is 6.16. The highest BCUT2D eigenvalue weighted by molar-refractivity contribution is 7.89. The van der Waals surface area contributed by atoms with Gasteiger partial charge in [-0.2, -0.15) is 4.31 Å². The van der Waals surface area contributed by atoms with Crippen LogP contribution in [0.1, 0.15) is 27.9 Å². The first-order valence-corrected chi connectivity index (χ1v) is 11.2. The lowest BCUT2D eigenvalue weighted by atomic mass is 9.97. The van der Waals surface area contributed by atoms with Crippen molar-refractivity contribution < 1.29 is 26.7 Å². The molecule has 2 heterocycles. The van der Waals surface area contributed by atoms with Crippen LogP contribution in [0.3, 0.4) is 0 Å². The Hall–Kier alpha value is -2.36. The van der Waals surface area contributed by atoms with Gasteiger partial charge in [0.1, 0.15) is 16.5 Å². The molecule has 9 heteroatoms. The van der Waals surface area contributed by atoms with Crippen molar-refractivity contribution >= 4 is 21.6 Å². The predicted molar refractivity (Wildman–Crippen MR) is 107 cm³/mol. The van der Waals surface area contributed by atoms with E-state index in [2.05, 4.69) is 0 Å². The van der Waals surface area contributed by atoms with Crippen LogP contribution in [-0.4, -0.2) is 51.5 Å². The smallest absolute Gasteiger partial charge is 0.258 e. The van der Waals surface area contributed by atoms with Gasteiger partial charge in [-0.05, 0) is 61.2 Å². The summed E-state index contributed by atoms with van der Waals surface area (Å²) in [7, 11) is -4.10. The van der Waals surface area contributed by atoms with Crippen molar-refractivity contribution in [2.75, 3.05) is 37.7 Å². The van der Waals surface area contributed by atoms with Gasteiger partial charge in [-0.3, -0.25) is 4.79 Å². The molecule has 160 valence electrons. The highest BCUT2D eigenvalue weighted by Gasteiger charge is 2.31. The van der Waals surface area contributed by atoms with E-state index in [0.29, 0.717) is 30.6 Å². The first-order chi connectivity index (χ1) is 14.3. The molecule has 4 rings (SSSR count). The maximum atomic E-state index is 14.5. The lowest BCUT2D eigenvalue weighted by Crippen LogP contribution is -2.41. The third-order valence-corrected chi connectivity index (χ3v) is 7.37. The van der Waals surface area contributed by atoms with Gasteiger partial charge in [-0.25, -0.2) is 17.2 Å². The third-order valence-electron chi connectivity index (χ3n) is 5.45. The average Bonchev–Trinajstić information content (AvgIpc) is 2.73. The zero-order chi connectivity index (χ0) is 21.5. The van der Waals surface area contributed by atoms with E-state index >= 15 is 0 Å². The summed E-state index contributed by atoms with van der Waals surface area (Å²) in [5.74, 6) is -1.71. The van der Waals surface area contributed by atoms with Crippen molar-refractivity contribution in [2.24, 2.45) is 0 Å². The largest absolute Gasteiger partial charge is 0.379 e. The van der Waals surface area contributed by atoms with Crippen LogP contribution in [0.25, 0.3) is 0 Å². The molecule has 0 unspecified atom stereocenters. The number of nitrogens with zero attached hydrogens (tertiary/aromatic N) is 2. The predicted octanol–water partition coefficient (Wildman–Crippen LogP) is 2.89. The minimum Gasteiger partial charge on any atom is -0.379 e. The van der Waals surface area contributed by atoms with Gasteiger partial charge < -0.3 is 9.64 Å². The van der Waals surface area contributed by atoms with Gasteiger partial charge >= 0.3 is 0 Å². The number of hydrogen-bond acceptors (Lipinski definition) is 4. The molecule has 1 saturated heterocycles. The number of ether oxygens (including phenoxy) is 1. The van der Waals surface area contributed by atoms with Crippen molar-refractivity contribution in [3.8, 4) is 0 Å². The van der Waals surface area contributed by atoms with Crippen LogP contribution >= 0.6 is 0 Å². The van der Waals surface area contributed by atoms with E-state index in [1.54, 1.807) is 6.92 Å². The van der Waals surface area contributed by atoms with E-state index in [0.717, 1.165) is 22.0 Å². The minimum absolute atomic E-state index is 0.0693. The van der Waals surface area contributed by atoms with Crippen molar-refractivity contribution in [3.63, 3.8) is 0 Å². The Bertz CT molecular complexity index is 1100. The topological polar surface area (TPSA) is 66.9 Å². The van der Waals surface area contributed by atoms with E-state index in [1.165, 1.54) is 23.1 Å². The van der Waals surface area contributed by atoms with Crippen molar-refractivity contribution in [2.45, 2.75) is 24.7 Å². The molecule has 2 aliphatic rings. The Labute approximate surface area is 174 Å². The Balaban J connectivity index is 1.71. The Morgan fingerprint density at radius 2 is 1.80 bits per heavy atom. The Morgan fingerprint density at radius 1 is 1.07 bits per heavy atom. The summed E-state index contributed by atoms with van der Waals surface area (Å²) >= 11 is 0. The highest BCUT2D eigenvalue weighted by atomic mass is 32.2. The molecule has 2 aromatic carbocycles. The lowest BCUT2D eigenvalue weighted by Gasteiger charge is -2.31. The van der Waals surface area contributed by atoms with Crippen LogP contribution in [0.2, 0.25) is 0 Å². The zero-order valence-electron chi connectivity index (χ0n) is 16.5. The number of benzene rings is 2. The number of carbonyl (C=O) groups is 1. The molecule has 30 heavy (non-hydrogen) atoms. The van der Waals surface area contributed by atoms with Crippen molar-refractivity contribution in [1.29, 1.82) is 0 Å². The number of halogens is 2. The quantitative estimate of drug-likeness (QED) is 0.742. The van der Waals surface area contributed by atoms with Crippen LogP contribution in [0, 0.1) is 18.6 Å². The van der Waals surface area contributed by atoms with Gasteiger partial charge in [0, 0.05) is 25.2 Å². The first kappa shape index (κ1) is 20.9. The monoisotopic (exact) mass is 436 g/mol. The van der Waals surface area contributed by atoms with Crippen LogP contribution in [-0.2, 0) is 21.2 Å². The van der Waals surface area contributed by atoms with Gasteiger partial charge in [-0.15, -0.1) is 0 Å². The van der Waals surface area contributed by atoms with Crippen molar-refractivity contribution in [1.82, 2.24) is 4.31 Å². The normalized spacial score (nSPS) is 17.6. The molecule has 1 fully saturated rings. The molecule has 0 saturated carbocycles. The van der Waals surface area contributed by atoms with Gasteiger partial charge in [0.25, 0.3) is 5.91 Å². The summed E-state index contributed by atoms with van der Waals surface area (Å²) in [5, 5.41) is 0. The molecule has 0 bridgehead atoms. The number of aryl methyl sites for hydroxylation is 2. The molecule has 1 amide bonds. The number of carbonyl (C=O) groups excluding carboxylic acids is 1. The number of sulfonamides is 1. The van der Waals surface area contributed by atoms with E-state index in [-0.39, 0.29) is 37.7 Å².